The van der Waals surface area contributed by atoms with E-state index in [0.717, 1.165) is 21.8 Å². The topological polar surface area (TPSA) is 3.24 Å². The molecule has 0 saturated heterocycles. The van der Waals surface area contributed by atoms with Gasteiger partial charge in [-0.3, -0.25) is 0 Å². The third-order valence-electron chi connectivity index (χ3n) is 4.10. The Morgan fingerprint density at radius 1 is 0.920 bits per heavy atom. The van der Waals surface area contributed by atoms with Crippen molar-refractivity contribution < 1.29 is 0 Å². The Hall–Kier alpha value is -2.77. The lowest BCUT2D eigenvalue weighted by atomic mass is 10.00. The molecule has 0 fully saturated rings. The van der Waals surface area contributed by atoms with E-state index in [1.54, 1.807) is 0 Å². The summed E-state index contributed by atoms with van der Waals surface area (Å²) < 4.78 is 0. The second-order valence-electron chi connectivity index (χ2n) is 5.82. The number of aryl methyl sites for hydroxylation is 1. The summed E-state index contributed by atoms with van der Waals surface area (Å²) in [5.74, 6) is 0. The molecule has 3 aromatic rings. The quantitative estimate of drug-likeness (QED) is 0.484. The number of nitrogens with zero attached hydrogens (tertiary/aromatic N) is 1. The number of anilines is 1. The van der Waals surface area contributed by atoms with Gasteiger partial charge in [-0.15, -0.1) is 0 Å². The van der Waals surface area contributed by atoms with Gasteiger partial charge in [0.25, 0.3) is 0 Å². The first-order valence-corrected chi connectivity index (χ1v) is 8.56. The summed E-state index contributed by atoms with van der Waals surface area (Å²) in [6.45, 7) is 6.06. The van der Waals surface area contributed by atoms with E-state index in [-0.39, 0.29) is 0 Å². The predicted molar refractivity (Wildman–Crippen MR) is 110 cm³/mol. The van der Waals surface area contributed by atoms with Gasteiger partial charge in [0.1, 0.15) is 0 Å². The fraction of sp³-hybridized carbons (Fsp3) is 0.0435. The number of benzene rings is 3. The molecule has 0 heterocycles. The van der Waals surface area contributed by atoms with Gasteiger partial charge in [-0.2, -0.15) is 0 Å². The van der Waals surface area contributed by atoms with E-state index in [2.05, 4.69) is 49.9 Å². The molecule has 0 aliphatic carbocycles. The molecular weight excluding hydrogens is 326 g/mol. The van der Waals surface area contributed by atoms with Crippen molar-refractivity contribution >= 4 is 23.4 Å². The maximum absolute atomic E-state index is 6.01. The normalized spacial score (nSPS) is 10.8. The van der Waals surface area contributed by atoms with Gasteiger partial charge >= 0.3 is 0 Å². The van der Waals surface area contributed by atoms with E-state index >= 15 is 0 Å². The summed E-state index contributed by atoms with van der Waals surface area (Å²) >= 11 is 6.01. The van der Waals surface area contributed by atoms with Crippen LogP contribution >= 0.6 is 11.6 Å². The molecule has 0 N–H and O–H groups in total. The summed E-state index contributed by atoms with van der Waals surface area (Å²) in [7, 11) is 0. The largest absolute Gasteiger partial charge is 0.324 e. The molecule has 2 heteroatoms. The van der Waals surface area contributed by atoms with Crippen LogP contribution in [-0.2, 0) is 0 Å². The van der Waals surface area contributed by atoms with Crippen LogP contribution < -0.4 is 4.90 Å². The first-order valence-electron chi connectivity index (χ1n) is 8.18. The summed E-state index contributed by atoms with van der Waals surface area (Å²) in [6.07, 6.45) is 5.91. The van der Waals surface area contributed by atoms with E-state index < -0.39 is 0 Å². The molecule has 0 spiro atoms. The summed E-state index contributed by atoms with van der Waals surface area (Å²) in [5.41, 5.74) is 5.79. The Labute approximate surface area is 154 Å². The maximum atomic E-state index is 6.01. The van der Waals surface area contributed by atoms with E-state index in [1.165, 1.54) is 11.1 Å². The van der Waals surface area contributed by atoms with Crippen molar-refractivity contribution in [3.8, 4) is 11.1 Å². The van der Waals surface area contributed by atoms with Gasteiger partial charge in [0, 0.05) is 23.1 Å². The van der Waals surface area contributed by atoms with E-state index in [0.29, 0.717) is 0 Å². The van der Waals surface area contributed by atoms with Crippen molar-refractivity contribution in [3.05, 3.63) is 108 Å². The van der Waals surface area contributed by atoms with E-state index in [9.17, 15) is 0 Å². The zero-order valence-electron chi connectivity index (χ0n) is 14.2. The molecule has 0 saturated carbocycles. The van der Waals surface area contributed by atoms with Gasteiger partial charge in [-0.1, -0.05) is 66.7 Å². The third kappa shape index (κ3) is 4.20. The Balaban J connectivity index is 1.93. The van der Waals surface area contributed by atoms with Crippen molar-refractivity contribution in [2.45, 2.75) is 6.92 Å². The average molecular weight is 346 g/mol. The number of rotatable bonds is 5. The van der Waals surface area contributed by atoms with Crippen LogP contribution in [0.15, 0.2) is 91.8 Å². The number of halogens is 1. The van der Waals surface area contributed by atoms with Crippen LogP contribution in [0.2, 0.25) is 5.02 Å². The van der Waals surface area contributed by atoms with Crippen LogP contribution in [0.4, 0.5) is 5.69 Å². The molecular formula is C23H20ClN. The summed E-state index contributed by atoms with van der Waals surface area (Å²) in [6, 6.07) is 24.6. The van der Waals surface area contributed by atoms with Crippen LogP contribution in [0, 0.1) is 6.92 Å². The standard InChI is InChI=1S/C23H20ClN/c1-3-25(16-15-19-7-5-4-6-8-19)22-14-9-18(2)23(17-22)20-10-12-21(24)13-11-20/h3-17H,1H2,2H3. The van der Waals surface area contributed by atoms with Crippen LogP contribution in [0.3, 0.4) is 0 Å². The van der Waals surface area contributed by atoms with Gasteiger partial charge in [-0.25, -0.2) is 0 Å². The van der Waals surface area contributed by atoms with Gasteiger partial charge < -0.3 is 4.90 Å². The molecule has 0 aromatic heterocycles. The van der Waals surface area contributed by atoms with Crippen molar-refractivity contribution in [2.75, 3.05) is 4.90 Å². The van der Waals surface area contributed by atoms with Gasteiger partial charge in [0.15, 0.2) is 0 Å². The molecule has 3 rings (SSSR count). The highest BCUT2D eigenvalue weighted by Gasteiger charge is 2.06. The highest BCUT2D eigenvalue weighted by Crippen LogP contribution is 2.29. The van der Waals surface area contributed by atoms with Crippen molar-refractivity contribution in [1.29, 1.82) is 0 Å². The summed E-state index contributed by atoms with van der Waals surface area (Å²) in [4.78, 5) is 2.02. The molecule has 124 valence electrons. The summed E-state index contributed by atoms with van der Waals surface area (Å²) in [5, 5.41) is 0.746. The minimum atomic E-state index is 0.746. The molecule has 25 heavy (non-hydrogen) atoms. The van der Waals surface area contributed by atoms with Crippen LogP contribution in [0.5, 0.6) is 0 Å². The van der Waals surface area contributed by atoms with Crippen molar-refractivity contribution in [1.82, 2.24) is 0 Å². The Kier molecular flexibility index (Phi) is 5.37. The molecule has 0 radical (unpaired) electrons. The predicted octanol–water partition coefficient (Wildman–Crippen LogP) is 6.94. The third-order valence-corrected chi connectivity index (χ3v) is 4.35. The molecule has 1 nitrogen and oxygen atoms in total. The van der Waals surface area contributed by atoms with E-state index in [4.69, 9.17) is 11.6 Å². The second-order valence-corrected chi connectivity index (χ2v) is 6.26. The first-order chi connectivity index (χ1) is 12.2. The molecule has 0 aliphatic rings. The van der Waals surface area contributed by atoms with Crippen LogP contribution in [-0.4, -0.2) is 0 Å². The molecule has 0 atom stereocenters. The number of hydrogen-bond donors (Lipinski definition) is 0. The lowest BCUT2D eigenvalue weighted by Crippen LogP contribution is -2.06. The van der Waals surface area contributed by atoms with E-state index in [1.807, 2.05) is 59.8 Å². The van der Waals surface area contributed by atoms with Gasteiger partial charge in [-0.05, 0) is 59.5 Å². The van der Waals surface area contributed by atoms with Gasteiger partial charge in [0.2, 0.25) is 0 Å². The van der Waals surface area contributed by atoms with Crippen molar-refractivity contribution in [3.63, 3.8) is 0 Å². The zero-order chi connectivity index (χ0) is 17.6. The minimum absolute atomic E-state index is 0.746. The SMILES string of the molecule is C=CN(C=Cc1ccccc1)c1ccc(C)c(-c2ccc(Cl)cc2)c1. The minimum Gasteiger partial charge on any atom is -0.324 e. The Bertz CT molecular complexity index is 880. The highest BCUT2D eigenvalue weighted by molar-refractivity contribution is 6.30. The monoisotopic (exact) mass is 345 g/mol. The lowest BCUT2D eigenvalue weighted by Gasteiger charge is -2.18. The van der Waals surface area contributed by atoms with Gasteiger partial charge in [0.05, 0.1) is 0 Å². The highest BCUT2D eigenvalue weighted by atomic mass is 35.5. The zero-order valence-corrected chi connectivity index (χ0v) is 14.9. The fourth-order valence-corrected chi connectivity index (χ4v) is 2.82. The lowest BCUT2D eigenvalue weighted by molar-refractivity contribution is 1.29. The molecule has 3 aromatic carbocycles. The maximum Gasteiger partial charge on any atom is 0.0455 e. The van der Waals surface area contributed by atoms with Crippen LogP contribution in [0.1, 0.15) is 11.1 Å². The van der Waals surface area contributed by atoms with Crippen molar-refractivity contribution in [2.24, 2.45) is 0 Å². The Morgan fingerprint density at radius 3 is 2.32 bits per heavy atom. The number of hydrogen-bond acceptors (Lipinski definition) is 1. The fourth-order valence-electron chi connectivity index (χ4n) is 2.69. The molecule has 0 bridgehead atoms. The second kappa shape index (κ2) is 7.87. The molecule has 0 unspecified atom stereocenters. The average Bonchev–Trinajstić information content (AvgIpc) is 2.65. The van der Waals surface area contributed by atoms with Crippen LogP contribution in [0.25, 0.3) is 17.2 Å². The first kappa shape index (κ1) is 17.1. The smallest absolute Gasteiger partial charge is 0.0455 e. The molecule has 0 amide bonds. The molecule has 0 aliphatic heterocycles. The Morgan fingerprint density at radius 2 is 1.64 bits per heavy atom.